The molecule has 1 aliphatic rings. The molecule has 1 saturated carbocycles. The molecule has 1 rings (SSSR count). The van der Waals surface area contributed by atoms with E-state index in [-0.39, 0.29) is 11.6 Å². The van der Waals surface area contributed by atoms with Crippen molar-refractivity contribution in [3.63, 3.8) is 0 Å². The molecule has 0 saturated heterocycles. The van der Waals surface area contributed by atoms with Crippen molar-refractivity contribution in [3.05, 3.63) is 0 Å². The van der Waals surface area contributed by atoms with Gasteiger partial charge in [0.15, 0.2) is 0 Å². The molecule has 1 aliphatic carbocycles. The Morgan fingerprint density at radius 1 is 1.50 bits per heavy atom. The predicted molar refractivity (Wildman–Crippen MR) is 55.3 cm³/mol. The van der Waals surface area contributed by atoms with Crippen molar-refractivity contribution in [1.29, 1.82) is 0 Å². The molecule has 0 unspecified atom stereocenters. The number of ether oxygens (including phenoxy) is 1. The molecule has 0 radical (unpaired) electrons. The highest BCUT2D eigenvalue weighted by Gasteiger charge is 2.24. The first-order chi connectivity index (χ1) is 6.53. The fourth-order valence-corrected chi connectivity index (χ4v) is 1.20. The molecule has 0 atom stereocenters. The summed E-state index contributed by atoms with van der Waals surface area (Å²) >= 11 is 0. The second-order valence-electron chi connectivity index (χ2n) is 4.29. The Kier molecular flexibility index (Phi) is 3.75. The van der Waals surface area contributed by atoms with Crippen LogP contribution in [0.15, 0.2) is 0 Å². The van der Waals surface area contributed by atoms with Crippen LogP contribution >= 0.6 is 0 Å². The Balaban J connectivity index is 2.13. The van der Waals surface area contributed by atoms with Crippen LogP contribution < -0.4 is 10.6 Å². The molecule has 0 heterocycles. The Bertz CT molecular complexity index is 200. The van der Waals surface area contributed by atoms with Gasteiger partial charge in [-0.15, -0.1) is 0 Å². The van der Waals surface area contributed by atoms with Crippen LogP contribution in [0, 0.1) is 0 Å². The van der Waals surface area contributed by atoms with Crippen molar-refractivity contribution in [3.8, 4) is 0 Å². The van der Waals surface area contributed by atoms with Crippen LogP contribution in [-0.4, -0.2) is 30.8 Å². The third-order valence-corrected chi connectivity index (χ3v) is 2.12. The standard InChI is InChI=1S/C10H20N2O2/c1-4-14-10(2,3)7-11-9(13)12-8-5-6-8/h8H,4-7H2,1-3H3,(H2,11,12,13). The number of nitrogens with one attached hydrogen (secondary N) is 2. The van der Waals surface area contributed by atoms with Crippen molar-refractivity contribution in [2.24, 2.45) is 0 Å². The highest BCUT2D eigenvalue weighted by molar-refractivity contribution is 5.74. The molecule has 4 heteroatoms. The Morgan fingerprint density at radius 3 is 2.64 bits per heavy atom. The maximum absolute atomic E-state index is 11.3. The summed E-state index contributed by atoms with van der Waals surface area (Å²) in [5.74, 6) is 0. The topological polar surface area (TPSA) is 50.4 Å². The van der Waals surface area contributed by atoms with Gasteiger partial charge >= 0.3 is 6.03 Å². The van der Waals surface area contributed by atoms with Crippen LogP contribution in [0.1, 0.15) is 33.6 Å². The molecule has 0 aromatic heterocycles. The molecule has 0 bridgehead atoms. The van der Waals surface area contributed by atoms with Gasteiger partial charge in [0.05, 0.1) is 5.60 Å². The van der Waals surface area contributed by atoms with Crippen molar-refractivity contribution in [1.82, 2.24) is 10.6 Å². The zero-order valence-corrected chi connectivity index (χ0v) is 9.22. The lowest BCUT2D eigenvalue weighted by atomic mass is 10.1. The molecular formula is C10H20N2O2. The van der Waals surface area contributed by atoms with Crippen LogP contribution in [0.25, 0.3) is 0 Å². The minimum atomic E-state index is -0.282. The van der Waals surface area contributed by atoms with E-state index in [2.05, 4.69) is 10.6 Å². The van der Waals surface area contributed by atoms with Crippen LogP contribution in [0.3, 0.4) is 0 Å². The molecule has 0 aromatic rings. The number of hydrogen-bond acceptors (Lipinski definition) is 2. The first kappa shape index (κ1) is 11.3. The summed E-state index contributed by atoms with van der Waals surface area (Å²) in [7, 11) is 0. The van der Waals surface area contributed by atoms with Gasteiger partial charge in [-0.25, -0.2) is 4.79 Å². The lowest BCUT2D eigenvalue weighted by Gasteiger charge is -2.24. The van der Waals surface area contributed by atoms with Gasteiger partial charge in [-0.05, 0) is 33.6 Å². The summed E-state index contributed by atoms with van der Waals surface area (Å²) in [6.07, 6.45) is 2.23. The zero-order chi connectivity index (χ0) is 10.6. The molecule has 0 aromatic carbocycles. The largest absolute Gasteiger partial charge is 0.374 e. The number of carbonyl (C=O) groups is 1. The molecule has 2 N–H and O–H groups in total. The van der Waals surface area contributed by atoms with E-state index in [4.69, 9.17) is 4.74 Å². The van der Waals surface area contributed by atoms with Crippen LogP contribution in [0.4, 0.5) is 4.79 Å². The number of rotatable bonds is 5. The smallest absolute Gasteiger partial charge is 0.315 e. The van der Waals surface area contributed by atoms with Gasteiger partial charge in [-0.3, -0.25) is 0 Å². The van der Waals surface area contributed by atoms with Crippen molar-refractivity contribution >= 4 is 6.03 Å². The fourth-order valence-electron chi connectivity index (χ4n) is 1.20. The molecule has 14 heavy (non-hydrogen) atoms. The van der Waals surface area contributed by atoms with E-state index in [9.17, 15) is 4.79 Å². The average Bonchev–Trinajstić information content (AvgIpc) is 2.85. The van der Waals surface area contributed by atoms with Gasteiger partial charge in [-0.1, -0.05) is 0 Å². The van der Waals surface area contributed by atoms with E-state index in [0.29, 0.717) is 19.2 Å². The quantitative estimate of drug-likeness (QED) is 0.702. The van der Waals surface area contributed by atoms with Gasteiger partial charge in [-0.2, -0.15) is 0 Å². The summed E-state index contributed by atoms with van der Waals surface area (Å²) in [4.78, 5) is 11.3. The maximum atomic E-state index is 11.3. The first-order valence-corrected chi connectivity index (χ1v) is 5.22. The normalized spacial score (nSPS) is 16.5. The third-order valence-electron chi connectivity index (χ3n) is 2.12. The van der Waals surface area contributed by atoms with E-state index in [1.54, 1.807) is 0 Å². The molecule has 4 nitrogen and oxygen atoms in total. The summed E-state index contributed by atoms with van der Waals surface area (Å²) in [5, 5.41) is 5.67. The highest BCUT2D eigenvalue weighted by atomic mass is 16.5. The van der Waals surface area contributed by atoms with Crippen LogP contribution in [0.5, 0.6) is 0 Å². The molecule has 1 fully saturated rings. The fraction of sp³-hybridized carbons (Fsp3) is 0.900. The van der Waals surface area contributed by atoms with Crippen molar-refractivity contribution < 1.29 is 9.53 Å². The SMILES string of the molecule is CCOC(C)(C)CNC(=O)NC1CC1. The number of urea groups is 1. The molecule has 0 spiro atoms. The zero-order valence-electron chi connectivity index (χ0n) is 9.22. The van der Waals surface area contributed by atoms with E-state index < -0.39 is 0 Å². The third kappa shape index (κ3) is 4.46. The summed E-state index contributed by atoms with van der Waals surface area (Å²) in [6, 6.07) is 0.325. The summed E-state index contributed by atoms with van der Waals surface area (Å²) in [6.45, 7) is 7.09. The number of amides is 2. The lowest BCUT2D eigenvalue weighted by molar-refractivity contribution is -0.00690. The maximum Gasteiger partial charge on any atom is 0.315 e. The summed E-state index contributed by atoms with van der Waals surface area (Å²) < 4.78 is 5.46. The molecular weight excluding hydrogens is 180 g/mol. The highest BCUT2D eigenvalue weighted by Crippen LogP contribution is 2.18. The van der Waals surface area contributed by atoms with Crippen molar-refractivity contribution in [2.45, 2.75) is 45.3 Å². The monoisotopic (exact) mass is 200 g/mol. The first-order valence-electron chi connectivity index (χ1n) is 5.22. The Morgan fingerprint density at radius 2 is 2.14 bits per heavy atom. The minimum absolute atomic E-state index is 0.0831. The minimum Gasteiger partial charge on any atom is -0.374 e. The number of carbonyl (C=O) groups excluding carboxylic acids is 1. The molecule has 2 amide bonds. The Labute approximate surface area is 85.4 Å². The number of hydrogen-bond donors (Lipinski definition) is 2. The van der Waals surface area contributed by atoms with Gasteiger partial charge in [0.25, 0.3) is 0 Å². The molecule has 82 valence electrons. The van der Waals surface area contributed by atoms with E-state index in [1.165, 1.54) is 0 Å². The van der Waals surface area contributed by atoms with Gasteiger partial charge in [0.1, 0.15) is 0 Å². The predicted octanol–water partition coefficient (Wildman–Crippen LogP) is 1.26. The van der Waals surface area contributed by atoms with Gasteiger partial charge in [0.2, 0.25) is 0 Å². The summed E-state index contributed by atoms with van der Waals surface area (Å²) in [5.41, 5.74) is -0.282. The molecule has 0 aliphatic heterocycles. The second-order valence-corrected chi connectivity index (χ2v) is 4.29. The van der Waals surface area contributed by atoms with Crippen molar-refractivity contribution in [2.75, 3.05) is 13.2 Å². The van der Waals surface area contributed by atoms with Gasteiger partial charge < -0.3 is 15.4 Å². The van der Waals surface area contributed by atoms with E-state index >= 15 is 0 Å². The second kappa shape index (κ2) is 4.64. The van der Waals surface area contributed by atoms with E-state index in [1.807, 2.05) is 20.8 Å². The van der Waals surface area contributed by atoms with E-state index in [0.717, 1.165) is 12.8 Å². The lowest BCUT2D eigenvalue weighted by Crippen LogP contribution is -2.45. The average molecular weight is 200 g/mol. The Hall–Kier alpha value is -0.770. The van der Waals surface area contributed by atoms with Crippen LogP contribution in [-0.2, 0) is 4.74 Å². The van der Waals surface area contributed by atoms with Crippen LogP contribution in [0.2, 0.25) is 0 Å². The van der Waals surface area contributed by atoms with Gasteiger partial charge in [0, 0.05) is 19.2 Å².